The number of phenolic OH excluding ortho intramolecular Hbond substituents is 1. The molecule has 2 rings (SSSR count). The number of aryl methyl sites for hydroxylation is 1. The van der Waals surface area contributed by atoms with Crippen molar-refractivity contribution in [3.8, 4) is 5.75 Å². The highest BCUT2D eigenvalue weighted by molar-refractivity contribution is 5.77. The van der Waals surface area contributed by atoms with Gasteiger partial charge in [0.1, 0.15) is 11.3 Å². The lowest BCUT2D eigenvalue weighted by Gasteiger charge is -2.07. The molecule has 0 amide bonds. The number of fused-ring (bicyclic) bond motifs is 1. The van der Waals surface area contributed by atoms with Crippen molar-refractivity contribution in [1.82, 2.24) is 15.0 Å². The average molecular weight is 191 g/mol. The van der Waals surface area contributed by atoms with Crippen molar-refractivity contribution in [3.63, 3.8) is 0 Å². The van der Waals surface area contributed by atoms with Crippen LogP contribution in [0.5, 0.6) is 5.75 Å². The number of hydrogen-bond donors (Lipinski definition) is 1. The Bertz CT molecular complexity index is 473. The second kappa shape index (κ2) is 2.97. The van der Waals surface area contributed by atoms with Gasteiger partial charge in [-0.2, -0.15) is 0 Å². The van der Waals surface area contributed by atoms with Gasteiger partial charge in [0.15, 0.2) is 0 Å². The molecule has 14 heavy (non-hydrogen) atoms. The van der Waals surface area contributed by atoms with Crippen molar-refractivity contribution in [2.75, 3.05) is 0 Å². The lowest BCUT2D eigenvalue weighted by Crippen LogP contribution is -1.92. The second-order valence-electron chi connectivity index (χ2n) is 3.77. The Morgan fingerprint density at radius 1 is 1.36 bits per heavy atom. The predicted molar refractivity (Wildman–Crippen MR) is 54.3 cm³/mol. The molecule has 74 valence electrons. The Hall–Kier alpha value is -1.58. The number of phenols is 1. The molecule has 0 unspecified atom stereocenters. The molecule has 0 atom stereocenters. The summed E-state index contributed by atoms with van der Waals surface area (Å²) in [6.07, 6.45) is 0. The minimum absolute atomic E-state index is 0.299. The van der Waals surface area contributed by atoms with E-state index in [2.05, 4.69) is 10.3 Å². The molecule has 0 bridgehead atoms. The summed E-state index contributed by atoms with van der Waals surface area (Å²) in [4.78, 5) is 0. The van der Waals surface area contributed by atoms with E-state index in [9.17, 15) is 5.11 Å². The largest absolute Gasteiger partial charge is 0.508 e. The Morgan fingerprint density at radius 3 is 2.71 bits per heavy atom. The third kappa shape index (κ3) is 1.23. The first-order valence-corrected chi connectivity index (χ1v) is 4.62. The van der Waals surface area contributed by atoms with Gasteiger partial charge in [-0.15, -0.1) is 5.10 Å². The molecule has 2 aromatic rings. The zero-order valence-electron chi connectivity index (χ0n) is 8.52. The van der Waals surface area contributed by atoms with E-state index in [0.29, 0.717) is 11.7 Å². The average Bonchev–Trinajstić information content (AvgIpc) is 2.46. The Morgan fingerprint density at radius 2 is 2.07 bits per heavy atom. The predicted octanol–water partition coefficient (Wildman–Crippen LogP) is 1.80. The number of hydrogen-bond acceptors (Lipinski definition) is 3. The van der Waals surface area contributed by atoms with Gasteiger partial charge >= 0.3 is 0 Å². The fraction of sp³-hybridized carbons (Fsp3) is 0.400. The molecule has 0 saturated carbocycles. The van der Waals surface area contributed by atoms with Gasteiger partial charge in [-0.25, -0.2) is 4.68 Å². The van der Waals surface area contributed by atoms with Gasteiger partial charge in [0.25, 0.3) is 0 Å². The molecule has 0 aliphatic rings. The maximum atomic E-state index is 9.71. The quantitative estimate of drug-likeness (QED) is 0.747. The first-order chi connectivity index (χ1) is 6.59. The Balaban J connectivity index is 2.74. The number of aromatic nitrogens is 3. The molecule has 0 spiro atoms. The van der Waals surface area contributed by atoms with Crippen LogP contribution < -0.4 is 0 Å². The van der Waals surface area contributed by atoms with E-state index in [1.807, 2.05) is 27.0 Å². The molecule has 1 heterocycles. The highest BCUT2D eigenvalue weighted by Gasteiger charge is 2.10. The summed E-state index contributed by atoms with van der Waals surface area (Å²) in [5, 5.41) is 17.5. The molecule has 4 nitrogen and oxygen atoms in total. The van der Waals surface area contributed by atoms with E-state index in [0.717, 1.165) is 16.6 Å². The van der Waals surface area contributed by atoms with Gasteiger partial charge in [0.05, 0.1) is 5.52 Å². The molecule has 0 saturated heterocycles. The minimum Gasteiger partial charge on any atom is -0.508 e. The van der Waals surface area contributed by atoms with Crippen LogP contribution in [0, 0.1) is 0 Å². The lowest BCUT2D eigenvalue weighted by atomic mass is 10.0. The first-order valence-electron chi connectivity index (χ1n) is 4.62. The normalized spacial score (nSPS) is 11.4. The zero-order valence-corrected chi connectivity index (χ0v) is 8.52. The molecular weight excluding hydrogens is 178 g/mol. The van der Waals surface area contributed by atoms with E-state index in [1.165, 1.54) is 0 Å². The number of nitrogens with zero attached hydrogens (tertiary/aromatic N) is 3. The Labute approximate surface area is 82.2 Å². The van der Waals surface area contributed by atoms with Gasteiger partial charge in [0.2, 0.25) is 0 Å². The fourth-order valence-corrected chi connectivity index (χ4v) is 1.55. The van der Waals surface area contributed by atoms with E-state index < -0.39 is 0 Å². The van der Waals surface area contributed by atoms with Crippen LogP contribution in [0.3, 0.4) is 0 Å². The summed E-state index contributed by atoms with van der Waals surface area (Å²) in [6, 6.07) is 3.60. The second-order valence-corrected chi connectivity index (χ2v) is 3.77. The first kappa shape index (κ1) is 8.99. The van der Waals surface area contributed by atoms with Crippen LogP contribution in [0.25, 0.3) is 11.0 Å². The molecule has 0 aliphatic heterocycles. The fourth-order valence-electron chi connectivity index (χ4n) is 1.55. The summed E-state index contributed by atoms with van der Waals surface area (Å²) in [7, 11) is 1.84. The topological polar surface area (TPSA) is 50.9 Å². The van der Waals surface area contributed by atoms with E-state index in [4.69, 9.17) is 0 Å². The zero-order chi connectivity index (χ0) is 10.3. The SMILES string of the molecule is CC(C)c1cc2c(cc1O)nnn2C. The van der Waals surface area contributed by atoms with Gasteiger partial charge in [-0.3, -0.25) is 0 Å². The molecule has 4 heteroatoms. The van der Waals surface area contributed by atoms with Crippen LogP contribution >= 0.6 is 0 Å². The molecule has 1 aromatic heterocycles. The van der Waals surface area contributed by atoms with E-state index in [1.54, 1.807) is 10.7 Å². The van der Waals surface area contributed by atoms with Crippen molar-refractivity contribution in [2.45, 2.75) is 19.8 Å². The summed E-state index contributed by atoms with van der Waals surface area (Å²) >= 11 is 0. The van der Waals surface area contributed by atoms with Crippen LogP contribution in [0.4, 0.5) is 0 Å². The van der Waals surface area contributed by atoms with Crippen molar-refractivity contribution in [2.24, 2.45) is 7.05 Å². The summed E-state index contributed by atoms with van der Waals surface area (Å²) in [6.45, 7) is 4.09. The summed E-state index contributed by atoms with van der Waals surface area (Å²) in [5.74, 6) is 0.599. The Kier molecular flexibility index (Phi) is 1.91. The van der Waals surface area contributed by atoms with E-state index >= 15 is 0 Å². The van der Waals surface area contributed by atoms with Crippen LogP contribution in [0.15, 0.2) is 12.1 Å². The number of benzene rings is 1. The standard InChI is InChI=1S/C10H13N3O/c1-6(2)7-4-9-8(5-10(7)14)11-12-13(9)3/h4-6,14H,1-3H3. The lowest BCUT2D eigenvalue weighted by molar-refractivity contribution is 0.465. The highest BCUT2D eigenvalue weighted by atomic mass is 16.3. The minimum atomic E-state index is 0.299. The van der Waals surface area contributed by atoms with Crippen molar-refractivity contribution >= 4 is 11.0 Å². The van der Waals surface area contributed by atoms with Crippen molar-refractivity contribution < 1.29 is 5.11 Å². The van der Waals surface area contributed by atoms with Crippen molar-refractivity contribution in [3.05, 3.63) is 17.7 Å². The smallest absolute Gasteiger partial charge is 0.121 e. The number of rotatable bonds is 1. The highest BCUT2D eigenvalue weighted by Crippen LogP contribution is 2.28. The maximum absolute atomic E-state index is 9.71. The van der Waals surface area contributed by atoms with Gasteiger partial charge in [-0.05, 0) is 17.5 Å². The molecular formula is C10H13N3O. The third-order valence-corrected chi connectivity index (χ3v) is 2.38. The summed E-state index contributed by atoms with van der Waals surface area (Å²) in [5.41, 5.74) is 2.61. The summed E-state index contributed by atoms with van der Waals surface area (Å²) < 4.78 is 1.71. The van der Waals surface area contributed by atoms with Crippen LogP contribution in [0.1, 0.15) is 25.3 Å². The van der Waals surface area contributed by atoms with Gasteiger partial charge < -0.3 is 5.11 Å². The van der Waals surface area contributed by atoms with Crippen LogP contribution in [0.2, 0.25) is 0 Å². The molecule has 0 aliphatic carbocycles. The van der Waals surface area contributed by atoms with Crippen LogP contribution in [-0.4, -0.2) is 20.1 Å². The molecule has 0 fully saturated rings. The van der Waals surface area contributed by atoms with E-state index in [-0.39, 0.29) is 0 Å². The van der Waals surface area contributed by atoms with Crippen molar-refractivity contribution in [1.29, 1.82) is 0 Å². The maximum Gasteiger partial charge on any atom is 0.121 e. The van der Waals surface area contributed by atoms with Crippen LogP contribution in [-0.2, 0) is 7.05 Å². The van der Waals surface area contributed by atoms with Gasteiger partial charge in [-0.1, -0.05) is 19.1 Å². The molecule has 1 N–H and O–H groups in total. The molecule has 1 aromatic carbocycles. The third-order valence-electron chi connectivity index (χ3n) is 2.38. The molecule has 0 radical (unpaired) electrons. The number of aromatic hydroxyl groups is 1. The monoisotopic (exact) mass is 191 g/mol. The van der Waals surface area contributed by atoms with Gasteiger partial charge in [0, 0.05) is 13.1 Å².